The van der Waals surface area contributed by atoms with E-state index < -0.39 is 0 Å². The standard InChI is InChI=1S/C16H16ClNO2/c1-20-15-8-11-6-7-18-16(13(11)9-14(15)19)10-2-4-12(17)5-3-10/h2-5,8-9,16,18-19H,6-7H2,1H3. The molecule has 1 unspecified atom stereocenters. The second-order valence-corrected chi connectivity index (χ2v) is 5.35. The molecule has 1 aliphatic rings. The predicted octanol–water partition coefficient (Wildman–Crippen LogP) is 3.29. The highest BCUT2D eigenvalue weighted by molar-refractivity contribution is 6.30. The maximum atomic E-state index is 10.0. The lowest BCUT2D eigenvalue weighted by molar-refractivity contribution is 0.371. The van der Waals surface area contributed by atoms with Gasteiger partial charge in [-0.25, -0.2) is 0 Å². The van der Waals surface area contributed by atoms with E-state index in [9.17, 15) is 5.11 Å². The van der Waals surface area contributed by atoms with Crippen LogP contribution in [0.3, 0.4) is 0 Å². The summed E-state index contributed by atoms with van der Waals surface area (Å²) in [5, 5.41) is 14.2. The number of hydrogen-bond donors (Lipinski definition) is 2. The molecule has 3 nitrogen and oxygen atoms in total. The molecule has 0 bridgehead atoms. The third-order valence-corrected chi connectivity index (χ3v) is 3.95. The summed E-state index contributed by atoms with van der Waals surface area (Å²) in [5.41, 5.74) is 3.44. The summed E-state index contributed by atoms with van der Waals surface area (Å²) in [5.74, 6) is 0.703. The van der Waals surface area contributed by atoms with Crippen LogP contribution in [0.5, 0.6) is 11.5 Å². The summed E-state index contributed by atoms with van der Waals surface area (Å²) >= 11 is 5.94. The highest BCUT2D eigenvalue weighted by atomic mass is 35.5. The van der Waals surface area contributed by atoms with Crippen molar-refractivity contribution >= 4 is 11.6 Å². The first-order chi connectivity index (χ1) is 9.69. The maximum Gasteiger partial charge on any atom is 0.160 e. The fourth-order valence-corrected chi connectivity index (χ4v) is 2.82. The Hall–Kier alpha value is -1.71. The van der Waals surface area contributed by atoms with Crippen LogP contribution >= 0.6 is 11.6 Å². The van der Waals surface area contributed by atoms with Crippen molar-refractivity contribution in [2.45, 2.75) is 12.5 Å². The van der Waals surface area contributed by atoms with Crippen molar-refractivity contribution in [3.8, 4) is 11.5 Å². The summed E-state index contributed by atoms with van der Waals surface area (Å²) in [7, 11) is 1.57. The van der Waals surface area contributed by atoms with E-state index in [2.05, 4.69) is 5.32 Å². The van der Waals surface area contributed by atoms with Crippen molar-refractivity contribution in [2.24, 2.45) is 0 Å². The first-order valence-corrected chi connectivity index (χ1v) is 6.95. The smallest absolute Gasteiger partial charge is 0.160 e. The van der Waals surface area contributed by atoms with E-state index in [1.165, 1.54) is 5.56 Å². The minimum atomic E-state index is 0.0767. The zero-order valence-corrected chi connectivity index (χ0v) is 11.9. The van der Waals surface area contributed by atoms with Crippen LogP contribution in [-0.4, -0.2) is 18.8 Å². The van der Waals surface area contributed by atoms with E-state index in [-0.39, 0.29) is 11.8 Å². The van der Waals surface area contributed by atoms with E-state index in [0.717, 1.165) is 29.1 Å². The Bertz CT molecular complexity index is 625. The van der Waals surface area contributed by atoms with Crippen molar-refractivity contribution in [2.75, 3.05) is 13.7 Å². The van der Waals surface area contributed by atoms with Gasteiger partial charge in [0.2, 0.25) is 0 Å². The molecule has 1 atom stereocenters. The van der Waals surface area contributed by atoms with Crippen molar-refractivity contribution in [3.63, 3.8) is 0 Å². The molecule has 4 heteroatoms. The molecule has 2 aromatic rings. The number of phenols is 1. The molecule has 2 aromatic carbocycles. The van der Waals surface area contributed by atoms with Gasteiger partial charge in [-0.15, -0.1) is 0 Å². The Balaban J connectivity index is 2.05. The number of hydrogen-bond acceptors (Lipinski definition) is 3. The van der Waals surface area contributed by atoms with Crippen LogP contribution in [0, 0.1) is 0 Å². The Kier molecular flexibility index (Phi) is 3.55. The second-order valence-electron chi connectivity index (χ2n) is 4.91. The molecule has 0 aliphatic carbocycles. The van der Waals surface area contributed by atoms with Crippen molar-refractivity contribution in [1.82, 2.24) is 5.32 Å². The first kappa shape index (κ1) is 13.3. The molecule has 1 aliphatic heterocycles. The van der Waals surface area contributed by atoms with Crippen LogP contribution in [-0.2, 0) is 6.42 Å². The summed E-state index contributed by atoms with van der Waals surface area (Å²) in [6, 6.07) is 11.6. The molecule has 1 heterocycles. The van der Waals surface area contributed by atoms with E-state index in [1.54, 1.807) is 13.2 Å². The SMILES string of the molecule is COc1cc2c(cc1O)C(c1ccc(Cl)cc1)NCC2. The minimum Gasteiger partial charge on any atom is -0.504 e. The number of aromatic hydroxyl groups is 1. The topological polar surface area (TPSA) is 41.5 Å². The van der Waals surface area contributed by atoms with E-state index in [4.69, 9.17) is 16.3 Å². The predicted molar refractivity (Wildman–Crippen MR) is 79.7 cm³/mol. The zero-order chi connectivity index (χ0) is 14.1. The first-order valence-electron chi connectivity index (χ1n) is 6.57. The molecule has 0 fully saturated rings. The van der Waals surface area contributed by atoms with Gasteiger partial charge < -0.3 is 15.2 Å². The maximum absolute atomic E-state index is 10.0. The molecule has 0 aromatic heterocycles. The van der Waals surface area contributed by atoms with Crippen LogP contribution in [0.2, 0.25) is 5.02 Å². The number of ether oxygens (including phenoxy) is 1. The molecule has 104 valence electrons. The quantitative estimate of drug-likeness (QED) is 0.891. The van der Waals surface area contributed by atoms with Gasteiger partial charge in [-0.3, -0.25) is 0 Å². The van der Waals surface area contributed by atoms with Crippen molar-refractivity contribution in [1.29, 1.82) is 0 Å². The van der Waals surface area contributed by atoms with E-state index >= 15 is 0 Å². The fraction of sp³-hybridized carbons (Fsp3) is 0.250. The second kappa shape index (κ2) is 5.35. The van der Waals surface area contributed by atoms with E-state index in [1.807, 2.05) is 30.3 Å². The fourth-order valence-electron chi connectivity index (χ4n) is 2.69. The lowest BCUT2D eigenvalue weighted by Gasteiger charge is -2.28. The summed E-state index contributed by atoms with van der Waals surface area (Å²) in [4.78, 5) is 0. The van der Waals surface area contributed by atoms with Gasteiger partial charge in [-0.2, -0.15) is 0 Å². The molecule has 2 N–H and O–H groups in total. The highest BCUT2D eigenvalue weighted by Crippen LogP contribution is 2.36. The van der Waals surface area contributed by atoms with Crippen LogP contribution in [0.4, 0.5) is 0 Å². The Morgan fingerprint density at radius 1 is 1.25 bits per heavy atom. The number of rotatable bonds is 2. The van der Waals surface area contributed by atoms with Crippen LogP contribution < -0.4 is 10.1 Å². The van der Waals surface area contributed by atoms with Crippen LogP contribution in [0.25, 0.3) is 0 Å². The molecule has 20 heavy (non-hydrogen) atoms. The molecule has 0 saturated heterocycles. The van der Waals surface area contributed by atoms with Gasteiger partial charge >= 0.3 is 0 Å². The van der Waals surface area contributed by atoms with Gasteiger partial charge in [-0.1, -0.05) is 23.7 Å². The third kappa shape index (κ3) is 2.35. The lowest BCUT2D eigenvalue weighted by Crippen LogP contribution is -2.30. The molecule has 0 amide bonds. The molecule has 0 saturated carbocycles. The van der Waals surface area contributed by atoms with Gasteiger partial charge in [0.15, 0.2) is 11.5 Å². The van der Waals surface area contributed by atoms with Crippen LogP contribution in [0.15, 0.2) is 36.4 Å². The summed E-state index contributed by atoms with van der Waals surface area (Å²) in [6.07, 6.45) is 0.927. The largest absolute Gasteiger partial charge is 0.504 e. The highest BCUT2D eigenvalue weighted by Gasteiger charge is 2.23. The van der Waals surface area contributed by atoms with Gasteiger partial charge in [0.25, 0.3) is 0 Å². The average molecular weight is 290 g/mol. The van der Waals surface area contributed by atoms with Gasteiger partial charge in [-0.05, 0) is 47.4 Å². The van der Waals surface area contributed by atoms with Gasteiger partial charge in [0, 0.05) is 11.6 Å². The molecule has 0 spiro atoms. The lowest BCUT2D eigenvalue weighted by atomic mass is 9.89. The molecule has 3 rings (SSSR count). The Labute approximate surface area is 123 Å². The minimum absolute atomic E-state index is 0.0767. The molecular weight excluding hydrogens is 274 g/mol. The third-order valence-electron chi connectivity index (χ3n) is 3.70. The summed E-state index contributed by atoms with van der Waals surface area (Å²) in [6.45, 7) is 0.897. The number of fused-ring (bicyclic) bond motifs is 1. The monoisotopic (exact) mass is 289 g/mol. The average Bonchev–Trinajstić information content (AvgIpc) is 2.47. The normalized spacial score (nSPS) is 17.6. The number of halogens is 1. The Morgan fingerprint density at radius 2 is 2.00 bits per heavy atom. The molecular formula is C16H16ClNO2. The van der Waals surface area contributed by atoms with Crippen molar-refractivity contribution < 1.29 is 9.84 Å². The summed E-state index contributed by atoms with van der Waals surface area (Å²) < 4.78 is 5.18. The number of phenolic OH excluding ortho intramolecular Hbond substituents is 1. The van der Waals surface area contributed by atoms with Crippen LogP contribution in [0.1, 0.15) is 22.7 Å². The Morgan fingerprint density at radius 3 is 2.70 bits per heavy atom. The molecule has 0 radical (unpaired) electrons. The zero-order valence-electron chi connectivity index (χ0n) is 11.2. The van der Waals surface area contributed by atoms with Gasteiger partial charge in [0.05, 0.1) is 13.2 Å². The van der Waals surface area contributed by atoms with Gasteiger partial charge in [0.1, 0.15) is 0 Å². The van der Waals surface area contributed by atoms with Crippen molar-refractivity contribution in [3.05, 3.63) is 58.1 Å². The number of benzene rings is 2. The number of nitrogens with one attached hydrogen (secondary N) is 1. The number of methoxy groups -OCH3 is 1. The van der Waals surface area contributed by atoms with E-state index in [0.29, 0.717) is 5.75 Å².